The molecule has 0 N–H and O–H groups in total. The van der Waals surface area contributed by atoms with Gasteiger partial charge in [-0.15, -0.1) is 0 Å². The number of Topliss-reactive ketones (excluding diaryl/α,β-unsaturated/α-hetero) is 1. The molecule has 1 aliphatic rings. The Labute approximate surface area is 120 Å². The third-order valence-corrected chi connectivity index (χ3v) is 4.46. The van der Waals surface area contributed by atoms with Crippen molar-refractivity contribution in [1.82, 2.24) is 0 Å². The molecule has 1 fully saturated rings. The van der Waals surface area contributed by atoms with Gasteiger partial charge in [0.2, 0.25) is 0 Å². The van der Waals surface area contributed by atoms with Crippen molar-refractivity contribution in [2.24, 2.45) is 11.8 Å². The molecule has 1 saturated carbocycles. The van der Waals surface area contributed by atoms with Crippen LogP contribution in [0.5, 0.6) is 5.75 Å². The first-order valence-corrected chi connectivity index (χ1v) is 7.41. The lowest BCUT2D eigenvalue weighted by Gasteiger charge is -2.27. The fourth-order valence-electron chi connectivity index (χ4n) is 2.92. The van der Waals surface area contributed by atoms with Crippen molar-refractivity contribution in [3.63, 3.8) is 0 Å². The maximum atomic E-state index is 12.6. The van der Waals surface area contributed by atoms with Crippen molar-refractivity contribution in [2.75, 3.05) is 7.11 Å². The summed E-state index contributed by atoms with van der Waals surface area (Å²) in [5.74, 6) is 1.76. The van der Waals surface area contributed by atoms with Crippen LogP contribution in [-0.2, 0) is 0 Å². The molecule has 1 aromatic rings. The molecule has 0 unspecified atom stereocenters. The molecular formula is C16H21ClO2. The molecular weight excluding hydrogens is 260 g/mol. The molecule has 0 heterocycles. The largest absolute Gasteiger partial charge is 0.496 e. The Morgan fingerprint density at radius 1 is 1.32 bits per heavy atom. The van der Waals surface area contributed by atoms with Gasteiger partial charge in [-0.25, -0.2) is 0 Å². The summed E-state index contributed by atoms with van der Waals surface area (Å²) in [4.78, 5) is 12.6. The van der Waals surface area contributed by atoms with Gasteiger partial charge in [-0.2, -0.15) is 0 Å². The summed E-state index contributed by atoms with van der Waals surface area (Å²) in [6.45, 7) is 2.23. The van der Waals surface area contributed by atoms with Gasteiger partial charge < -0.3 is 4.74 Å². The van der Waals surface area contributed by atoms with E-state index < -0.39 is 0 Å². The maximum absolute atomic E-state index is 12.6. The monoisotopic (exact) mass is 280 g/mol. The first-order chi connectivity index (χ1) is 9.15. The van der Waals surface area contributed by atoms with Crippen LogP contribution in [0.3, 0.4) is 0 Å². The SMILES string of the molecule is CCC1CCC(C(=O)c2ccc(Cl)cc2OC)CC1. The zero-order valence-corrected chi connectivity index (χ0v) is 12.4. The van der Waals surface area contributed by atoms with Gasteiger partial charge in [-0.3, -0.25) is 4.79 Å². The molecule has 3 heteroatoms. The number of benzene rings is 1. The van der Waals surface area contributed by atoms with Gasteiger partial charge >= 0.3 is 0 Å². The van der Waals surface area contributed by atoms with Gasteiger partial charge in [0.15, 0.2) is 5.78 Å². The first kappa shape index (κ1) is 14.4. The number of carbonyl (C=O) groups is 1. The molecule has 0 aromatic heterocycles. The highest BCUT2D eigenvalue weighted by Gasteiger charge is 2.27. The minimum absolute atomic E-state index is 0.151. The van der Waals surface area contributed by atoms with Gasteiger partial charge in [0.25, 0.3) is 0 Å². The van der Waals surface area contributed by atoms with Gasteiger partial charge in [0.05, 0.1) is 12.7 Å². The van der Waals surface area contributed by atoms with Crippen molar-refractivity contribution in [3.8, 4) is 5.75 Å². The zero-order valence-electron chi connectivity index (χ0n) is 11.6. The second-order valence-electron chi connectivity index (χ2n) is 5.33. The quantitative estimate of drug-likeness (QED) is 0.744. The normalized spacial score (nSPS) is 23.1. The van der Waals surface area contributed by atoms with E-state index in [0.29, 0.717) is 16.3 Å². The molecule has 2 rings (SSSR count). The molecule has 1 aromatic carbocycles. The van der Waals surface area contributed by atoms with Crippen molar-refractivity contribution < 1.29 is 9.53 Å². The number of halogens is 1. The van der Waals surface area contributed by atoms with Crippen LogP contribution in [0.4, 0.5) is 0 Å². The smallest absolute Gasteiger partial charge is 0.169 e. The van der Waals surface area contributed by atoms with Gasteiger partial charge in [-0.05, 0) is 49.8 Å². The van der Waals surface area contributed by atoms with Gasteiger partial charge in [0, 0.05) is 10.9 Å². The number of ether oxygens (including phenoxy) is 1. The first-order valence-electron chi connectivity index (χ1n) is 7.03. The second kappa shape index (κ2) is 6.42. The lowest BCUT2D eigenvalue weighted by Crippen LogP contribution is -2.22. The summed E-state index contributed by atoms with van der Waals surface area (Å²) in [5, 5.41) is 0.600. The van der Waals surface area contributed by atoms with Crippen LogP contribution in [0.2, 0.25) is 5.02 Å². The van der Waals surface area contributed by atoms with Crippen molar-refractivity contribution in [3.05, 3.63) is 28.8 Å². The summed E-state index contributed by atoms with van der Waals surface area (Å²) in [6, 6.07) is 5.26. The third-order valence-electron chi connectivity index (χ3n) is 4.22. The van der Waals surface area contributed by atoms with Gasteiger partial charge in [0.1, 0.15) is 5.75 Å². The molecule has 0 atom stereocenters. The van der Waals surface area contributed by atoms with Crippen molar-refractivity contribution in [2.45, 2.75) is 39.0 Å². The van der Waals surface area contributed by atoms with Gasteiger partial charge in [-0.1, -0.05) is 24.9 Å². The summed E-state index contributed by atoms with van der Waals surface area (Å²) in [6.07, 6.45) is 5.57. The third kappa shape index (κ3) is 3.30. The van der Waals surface area contributed by atoms with E-state index >= 15 is 0 Å². The molecule has 1 aliphatic carbocycles. The Hall–Kier alpha value is -1.02. The second-order valence-corrected chi connectivity index (χ2v) is 5.77. The van der Waals surface area contributed by atoms with Crippen LogP contribution in [-0.4, -0.2) is 12.9 Å². The fraction of sp³-hybridized carbons (Fsp3) is 0.562. The number of carbonyl (C=O) groups excluding carboxylic acids is 1. The average molecular weight is 281 g/mol. The van der Waals surface area contributed by atoms with E-state index in [0.717, 1.165) is 18.8 Å². The van der Waals surface area contributed by atoms with Crippen LogP contribution in [0.1, 0.15) is 49.4 Å². The Morgan fingerprint density at radius 2 is 2.00 bits per heavy atom. The Morgan fingerprint density at radius 3 is 2.58 bits per heavy atom. The van der Waals surface area contributed by atoms with E-state index in [1.165, 1.54) is 19.3 Å². The van der Waals surface area contributed by atoms with E-state index in [4.69, 9.17) is 16.3 Å². The standard InChI is InChI=1S/C16H21ClO2/c1-3-11-4-6-12(7-5-11)16(18)14-9-8-13(17)10-15(14)19-2/h8-12H,3-7H2,1-2H3. The molecule has 0 saturated heterocycles. The molecule has 0 spiro atoms. The van der Waals surface area contributed by atoms with Crippen LogP contribution in [0, 0.1) is 11.8 Å². The summed E-state index contributed by atoms with van der Waals surface area (Å²) in [7, 11) is 1.58. The highest BCUT2D eigenvalue weighted by molar-refractivity contribution is 6.30. The Bertz CT molecular complexity index is 448. The van der Waals surface area contributed by atoms with E-state index in [1.54, 1.807) is 25.3 Å². The van der Waals surface area contributed by atoms with E-state index in [-0.39, 0.29) is 11.7 Å². The molecule has 0 aliphatic heterocycles. The van der Waals surface area contributed by atoms with Crippen molar-refractivity contribution in [1.29, 1.82) is 0 Å². The van der Waals surface area contributed by atoms with Crippen LogP contribution in [0.25, 0.3) is 0 Å². The minimum Gasteiger partial charge on any atom is -0.496 e. The molecule has 104 valence electrons. The summed E-state index contributed by atoms with van der Waals surface area (Å²) >= 11 is 5.93. The highest BCUT2D eigenvalue weighted by atomic mass is 35.5. The molecule has 0 amide bonds. The lowest BCUT2D eigenvalue weighted by molar-refractivity contribution is 0.0868. The number of methoxy groups -OCH3 is 1. The predicted octanol–water partition coefficient (Wildman–Crippen LogP) is 4.75. The number of ketones is 1. The summed E-state index contributed by atoms with van der Waals surface area (Å²) in [5.41, 5.74) is 0.673. The van der Waals surface area contributed by atoms with E-state index in [2.05, 4.69) is 6.92 Å². The minimum atomic E-state index is 0.151. The Balaban J connectivity index is 2.12. The van der Waals surface area contributed by atoms with E-state index in [1.807, 2.05) is 0 Å². The topological polar surface area (TPSA) is 26.3 Å². The number of hydrogen-bond acceptors (Lipinski definition) is 2. The van der Waals surface area contributed by atoms with Crippen LogP contribution >= 0.6 is 11.6 Å². The summed E-state index contributed by atoms with van der Waals surface area (Å²) < 4.78 is 5.28. The Kier molecular flexibility index (Phi) is 4.87. The molecule has 2 nitrogen and oxygen atoms in total. The van der Waals surface area contributed by atoms with Crippen LogP contribution in [0.15, 0.2) is 18.2 Å². The fourth-order valence-corrected chi connectivity index (χ4v) is 3.08. The maximum Gasteiger partial charge on any atom is 0.169 e. The molecule has 0 bridgehead atoms. The molecule has 19 heavy (non-hydrogen) atoms. The molecule has 0 radical (unpaired) electrons. The lowest BCUT2D eigenvalue weighted by atomic mass is 9.77. The number of rotatable bonds is 4. The zero-order chi connectivity index (χ0) is 13.8. The van der Waals surface area contributed by atoms with Crippen molar-refractivity contribution >= 4 is 17.4 Å². The van der Waals surface area contributed by atoms with Crippen LogP contribution < -0.4 is 4.74 Å². The average Bonchev–Trinajstić information content (AvgIpc) is 2.46. The number of hydrogen-bond donors (Lipinski definition) is 0. The predicted molar refractivity (Wildman–Crippen MR) is 78.1 cm³/mol. The highest BCUT2D eigenvalue weighted by Crippen LogP contribution is 2.34. The van der Waals surface area contributed by atoms with E-state index in [9.17, 15) is 4.79 Å².